The zero-order valence-corrected chi connectivity index (χ0v) is 18.9. The Balaban J connectivity index is 1.79. The van der Waals surface area contributed by atoms with Crippen molar-refractivity contribution in [2.24, 2.45) is 12.1 Å². The summed E-state index contributed by atoms with van der Waals surface area (Å²) in [6.07, 6.45) is 9.40. The van der Waals surface area contributed by atoms with Crippen LogP contribution in [0.1, 0.15) is 57.4 Å². The minimum atomic E-state index is -0.533. The number of non-ortho nitro benzene ring substituents is 1. The topological polar surface area (TPSA) is 140 Å². The quantitative estimate of drug-likeness (QED) is 0.185. The van der Waals surface area contributed by atoms with Gasteiger partial charge in [-0.1, -0.05) is 45.4 Å². The average Bonchev–Trinajstić information content (AvgIpc) is 3.16. The maximum atomic E-state index is 12.5. The zero-order valence-electron chi connectivity index (χ0n) is 18.9. The number of hydrogen-bond acceptors (Lipinski definition) is 7. The number of hydrogen-bond donors (Lipinski definition) is 2. The van der Waals surface area contributed by atoms with Crippen molar-refractivity contribution in [2.45, 2.75) is 58.4 Å². The van der Waals surface area contributed by atoms with Crippen LogP contribution in [-0.4, -0.2) is 30.2 Å². The highest BCUT2D eigenvalue weighted by Crippen LogP contribution is 2.18. The van der Waals surface area contributed by atoms with Crippen LogP contribution in [0.5, 0.6) is 0 Å². The standard InChI is InChI=1S/C22H29N7O4/c1-3-4-5-6-7-8-9-14-28-18-19(27(2)22(31)25-20(18)30)24-21(28)26-23-15-16-10-12-17(13-11-16)29(32)33/h10-13,15H,3-9,14H2,1-2H3,(H,24,26)(H,25,30,31)/b23-15+. The first-order chi connectivity index (χ1) is 15.9. The second-order valence-corrected chi connectivity index (χ2v) is 7.92. The van der Waals surface area contributed by atoms with E-state index < -0.39 is 16.2 Å². The number of nitro benzene ring substituents is 1. The summed E-state index contributed by atoms with van der Waals surface area (Å²) in [6, 6.07) is 5.96. The third-order valence-electron chi connectivity index (χ3n) is 5.47. The number of nitrogens with one attached hydrogen (secondary N) is 2. The van der Waals surface area contributed by atoms with Crippen LogP contribution in [0, 0.1) is 10.1 Å². The van der Waals surface area contributed by atoms with Gasteiger partial charge in [0.2, 0.25) is 5.95 Å². The Morgan fingerprint density at radius 3 is 2.45 bits per heavy atom. The Kier molecular flexibility index (Phi) is 8.11. The van der Waals surface area contributed by atoms with Crippen molar-refractivity contribution >= 4 is 29.0 Å². The van der Waals surface area contributed by atoms with Crippen LogP contribution in [-0.2, 0) is 13.6 Å². The van der Waals surface area contributed by atoms with E-state index >= 15 is 0 Å². The molecule has 0 saturated carbocycles. The third kappa shape index (κ3) is 5.93. The molecule has 0 unspecified atom stereocenters. The van der Waals surface area contributed by atoms with E-state index in [-0.39, 0.29) is 11.3 Å². The maximum absolute atomic E-state index is 12.5. The van der Waals surface area contributed by atoms with Gasteiger partial charge in [-0.05, 0) is 24.1 Å². The van der Waals surface area contributed by atoms with Crippen molar-refractivity contribution in [3.8, 4) is 0 Å². The predicted molar refractivity (Wildman–Crippen MR) is 128 cm³/mol. The molecular weight excluding hydrogens is 426 g/mol. The van der Waals surface area contributed by atoms with Gasteiger partial charge in [0.15, 0.2) is 11.2 Å². The van der Waals surface area contributed by atoms with Gasteiger partial charge in [-0.2, -0.15) is 10.1 Å². The van der Waals surface area contributed by atoms with E-state index in [0.717, 1.165) is 19.3 Å². The molecule has 3 rings (SSSR count). The Morgan fingerprint density at radius 2 is 1.79 bits per heavy atom. The lowest BCUT2D eigenvalue weighted by Gasteiger charge is -2.08. The second-order valence-electron chi connectivity index (χ2n) is 7.92. The summed E-state index contributed by atoms with van der Waals surface area (Å²) in [5.41, 5.74) is 3.08. The highest BCUT2D eigenvalue weighted by molar-refractivity contribution is 5.81. The van der Waals surface area contributed by atoms with Crippen molar-refractivity contribution in [1.82, 2.24) is 19.1 Å². The summed E-state index contributed by atoms with van der Waals surface area (Å²) in [6.45, 7) is 2.74. The lowest BCUT2D eigenvalue weighted by Crippen LogP contribution is -2.29. The highest BCUT2D eigenvalue weighted by Gasteiger charge is 2.17. The molecule has 33 heavy (non-hydrogen) atoms. The SMILES string of the molecule is CCCCCCCCCn1c(N/N=C/c2ccc([N+](=O)[O-])cc2)nc2c1c(=O)[nH]c(=O)n2C. The van der Waals surface area contributed by atoms with E-state index in [1.54, 1.807) is 23.7 Å². The molecule has 11 heteroatoms. The van der Waals surface area contributed by atoms with E-state index in [4.69, 9.17) is 0 Å². The molecule has 0 aliphatic heterocycles. The van der Waals surface area contributed by atoms with Gasteiger partial charge in [-0.15, -0.1) is 0 Å². The lowest BCUT2D eigenvalue weighted by molar-refractivity contribution is -0.384. The van der Waals surface area contributed by atoms with Crippen molar-refractivity contribution in [3.63, 3.8) is 0 Å². The smallest absolute Gasteiger partial charge is 0.303 e. The van der Waals surface area contributed by atoms with Gasteiger partial charge in [-0.25, -0.2) is 10.2 Å². The Hall–Kier alpha value is -3.76. The van der Waals surface area contributed by atoms with Gasteiger partial charge in [-0.3, -0.25) is 24.5 Å². The van der Waals surface area contributed by atoms with Crippen LogP contribution in [0.4, 0.5) is 11.6 Å². The molecule has 0 saturated heterocycles. The molecule has 2 N–H and O–H groups in total. The van der Waals surface area contributed by atoms with E-state index in [0.29, 0.717) is 23.6 Å². The number of hydrazone groups is 1. The summed E-state index contributed by atoms with van der Waals surface area (Å²) in [4.78, 5) is 41.6. The van der Waals surface area contributed by atoms with Crippen LogP contribution in [0.3, 0.4) is 0 Å². The molecule has 0 aliphatic carbocycles. The van der Waals surface area contributed by atoms with Crippen molar-refractivity contribution < 1.29 is 4.92 Å². The van der Waals surface area contributed by atoms with E-state index in [9.17, 15) is 19.7 Å². The van der Waals surface area contributed by atoms with Gasteiger partial charge >= 0.3 is 5.69 Å². The summed E-state index contributed by atoms with van der Waals surface area (Å²) >= 11 is 0. The summed E-state index contributed by atoms with van der Waals surface area (Å²) in [7, 11) is 1.55. The summed E-state index contributed by atoms with van der Waals surface area (Å²) in [5.74, 6) is 0.348. The van der Waals surface area contributed by atoms with Crippen LogP contribution >= 0.6 is 0 Å². The molecule has 3 aromatic rings. The number of aromatic amines is 1. The molecule has 11 nitrogen and oxygen atoms in total. The molecule has 0 fully saturated rings. The van der Waals surface area contributed by atoms with Gasteiger partial charge in [0.05, 0.1) is 11.1 Å². The summed E-state index contributed by atoms with van der Waals surface area (Å²) in [5, 5.41) is 15.0. The van der Waals surface area contributed by atoms with Crippen molar-refractivity contribution in [3.05, 3.63) is 60.8 Å². The number of H-pyrrole nitrogens is 1. The molecule has 0 aliphatic rings. The molecule has 0 amide bonds. The zero-order chi connectivity index (χ0) is 23.8. The second kappa shape index (κ2) is 11.2. The fraction of sp³-hybridized carbons (Fsp3) is 0.455. The van der Waals surface area contributed by atoms with Gasteiger partial charge in [0.1, 0.15) is 0 Å². The molecular formula is C22H29N7O4. The van der Waals surface area contributed by atoms with Crippen LogP contribution < -0.4 is 16.7 Å². The number of unbranched alkanes of at least 4 members (excludes halogenated alkanes) is 6. The van der Waals surface area contributed by atoms with Gasteiger partial charge in [0, 0.05) is 25.7 Å². The fourth-order valence-corrected chi connectivity index (χ4v) is 3.61. The first-order valence-corrected chi connectivity index (χ1v) is 11.2. The Bertz CT molecular complexity index is 1240. The van der Waals surface area contributed by atoms with Crippen molar-refractivity contribution in [1.29, 1.82) is 0 Å². The number of imidazole rings is 1. The first kappa shape index (κ1) is 23.9. The molecule has 0 radical (unpaired) electrons. The van der Waals surface area contributed by atoms with Gasteiger partial charge < -0.3 is 4.57 Å². The van der Waals surface area contributed by atoms with E-state index in [1.807, 2.05) is 0 Å². The van der Waals surface area contributed by atoms with Gasteiger partial charge in [0.25, 0.3) is 11.2 Å². The molecule has 0 bridgehead atoms. The normalized spacial score (nSPS) is 11.5. The molecule has 2 aromatic heterocycles. The number of nitro groups is 1. The molecule has 2 heterocycles. The predicted octanol–water partition coefficient (Wildman–Crippen LogP) is 3.53. The maximum Gasteiger partial charge on any atom is 0.329 e. The molecule has 1 aromatic carbocycles. The third-order valence-corrected chi connectivity index (χ3v) is 5.47. The average molecular weight is 456 g/mol. The Labute approximate surface area is 190 Å². The fourth-order valence-electron chi connectivity index (χ4n) is 3.61. The van der Waals surface area contributed by atoms with Crippen LogP contribution in [0.2, 0.25) is 0 Å². The Morgan fingerprint density at radius 1 is 1.12 bits per heavy atom. The summed E-state index contributed by atoms with van der Waals surface area (Å²) < 4.78 is 3.04. The largest absolute Gasteiger partial charge is 0.329 e. The number of rotatable bonds is 12. The lowest BCUT2D eigenvalue weighted by atomic mass is 10.1. The van der Waals surface area contributed by atoms with Crippen LogP contribution in [0.25, 0.3) is 11.2 Å². The molecule has 0 atom stereocenters. The number of aromatic nitrogens is 4. The number of nitrogens with zero attached hydrogens (tertiary/aromatic N) is 5. The van der Waals surface area contributed by atoms with Crippen LogP contribution in [0.15, 0.2) is 39.0 Å². The number of benzene rings is 1. The minimum Gasteiger partial charge on any atom is -0.303 e. The molecule has 0 spiro atoms. The first-order valence-electron chi connectivity index (χ1n) is 11.2. The van der Waals surface area contributed by atoms with E-state index in [2.05, 4.69) is 27.4 Å². The molecule has 176 valence electrons. The number of anilines is 1. The number of fused-ring (bicyclic) bond motifs is 1. The number of aryl methyl sites for hydroxylation is 2. The van der Waals surface area contributed by atoms with E-state index in [1.165, 1.54) is 48.6 Å². The minimum absolute atomic E-state index is 0.00302. The van der Waals surface area contributed by atoms with Crippen molar-refractivity contribution in [2.75, 3.05) is 5.43 Å². The monoisotopic (exact) mass is 455 g/mol. The highest BCUT2D eigenvalue weighted by atomic mass is 16.6.